The average molecular weight is 127 g/mol. The summed E-state index contributed by atoms with van der Waals surface area (Å²) in [5.74, 6) is 0. The van der Waals surface area contributed by atoms with E-state index in [-0.39, 0.29) is 0 Å². The van der Waals surface area contributed by atoms with E-state index in [4.69, 9.17) is 11.2 Å². The van der Waals surface area contributed by atoms with Crippen LogP contribution in [0.3, 0.4) is 0 Å². The van der Waals surface area contributed by atoms with Crippen molar-refractivity contribution >= 4 is 27.7 Å². The first kappa shape index (κ1) is 5.82. The number of rotatable bonds is 1. The third-order valence-corrected chi connectivity index (χ3v) is 1.92. The highest BCUT2D eigenvalue weighted by molar-refractivity contribution is 7.64. The average Bonchev–Trinajstić information content (AvgIpc) is 1.41. The molecule has 0 aliphatic carbocycles. The molecule has 1 unspecified atom stereocenters. The third kappa shape index (κ3) is 4.82. The molecule has 0 saturated heterocycles. The molecule has 0 N–H and O–H groups in total. The second-order valence-corrected chi connectivity index (χ2v) is 2.25. The van der Waals surface area contributed by atoms with E-state index in [1.165, 1.54) is 0 Å². The third-order valence-electron chi connectivity index (χ3n) is 0.138. The number of hydrogen-bond donors (Lipinski definition) is 0. The van der Waals surface area contributed by atoms with Gasteiger partial charge in [-0.3, -0.25) is 0 Å². The molecule has 30 valence electrons. The standard InChI is InChI=1S/CH4ClNP2/c1-4-3-5-2/h4H,1H3. The van der Waals surface area contributed by atoms with Crippen molar-refractivity contribution in [3.8, 4) is 0 Å². The molecule has 5 heavy (non-hydrogen) atoms. The highest BCUT2D eigenvalue weighted by Crippen LogP contribution is 2.16. The first-order valence-corrected chi connectivity index (χ1v) is 4.29. The van der Waals surface area contributed by atoms with E-state index in [1.807, 2.05) is 6.66 Å². The summed E-state index contributed by atoms with van der Waals surface area (Å²) in [5.41, 5.74) is 0. The van der Waals surface area contributed by atoms with Crippen molar-refractivity contribution in [2.75, 3.05) is 6.66 Å². The maximum absolute atomic E-state index is 5.11. The minimum Gasteiger partial charge on any atom is -0.233 e. The zero-order valence-electron chi connectivity index (χ0n) is 2.77. The van der Waals surface area contributed by atoms with Gasteiger partial charge >= 0.3 is 0 Å². The maximum atomic E-state index is 5.11. The van der Waals surface area contributed by atoms with Gasteiger partial charge in [-0.2, -0.15) is 0 Å². The zero-order chi connectivity index (χ0) is 4.12. The van der Waals surface area contributed by atoms with Gasteiger partial charge in [-0.05, 0) is 17.9 Å². The van der Waals surface area contributed by atoms with Gasteiger partial charge in [-0.15, -0.1) is 0 Å². The topological polar surface area (TPSA) is 12.4 Å². The van der Waals surface area contributed by atoms with Crippen LogP contribution in [0.1, 0.15) is 0 Å². The molecule has 0 aliphatic heterocycles. The van der Waals surface area contributed by atoms with Crippen molar-refractivity contribution in [1.29, 1.82) is 0 Å². The molecule has 0 aromatic heterocycles. The predicted octanol–water partition coefficient (Wildman–Crippen LogP) is 2.49. The van der Waals surface area contributed by atoms with Crippen LogP contribution in [0.2, 0.25) is 0 Å². The summed E-state index contributed by atoms with van der Waals surface area (Å²) >= 11 is 5.11. The minimum absolute atomic E-state index is 0.639. The Morgan fingerprint density at radius 1 is 2.00 bits per heavy atom. The summed E-state index contributed by atoms with van der Waals surface area (Å²) in [4.78, 5) is 0. The van der Waals surface area contributed by atoms with Gasteiger partial charge in [0.15, 0.2) is 0 Å². The van der Waals surface area contributed by atoms with E-state index in [9.17, 15) is 0 Å². The Hall–Kier alpha value is 0.820. The second kappa shape index (κ2) is 4.82. The molecule has 0 heterocycles. The monoisotopic (exact) mass is 127 g/mol. The van der Waals surface area contributed by atoms with E-state index in [0.29, 0.717) is 16.5 Å². The molecular weight excluding hydrogens is 123 g/mol. The Kier molecular flexibility index (Phi) is 5.61. The van der Waals surface area contributed by atoms with E-state index in [2.05, 4.69) is 4.52 Å². The van der Waals surface area contributed by atoms with Gasteiger partial charge in [0.05, 0.1) is 0 Å². The molecule has 0 aromatic rings. The summed E-state index contributed by atoms with van der Waals surface area (Å²) in [6.45, 7) is 1.98. The number of nitrogens with zero attached hydrogens (tertiary/aromatic N) is 1. The highest BCUT2D eigenvalue weighted by Gasteiger charge is 1.54. The Labute approximate surface area is 39.6 Å². The zero-order valence-corrected chi connectivity index (χ0v) is 5.42. The Balaban J connectivity index is 2.62. The lowest BCUT2D eigenvalue weighted by atomic mass is 12.0. The van der Waals surface area contributed by atoms with E-state index < -0.39 is 0 Å². The minimum atomic E-state index is 0.639. The fourth-order valence-corrected chi connectivity index (χ4v) is 1.02. The smallest absolute Gasteiger partial charge is 0.117 e. The SMILES string of the molecule is CPN=PCl. The Morgan fingerprint density at radius 2 is 2.60 bits per heavy atom. The van der Waals surface area contributed by atoms with Crippen LogP contribution in [0, 0.1) is 0 Å². The first-order valence-electron chi connectivity index (χ1n) is 1.09. The Morgan fingerprint density at radius 3 is 2.60 bits per heavy atom. The molecule has 4 heteroatoms. The van der Waals surface area contributed by atoms with Gasteiger partial charge in [0.25, 0.3) is 0 Å². The molecule has 0 amide bonds. The molecule has 1 nitrogen and oxygen atoms in total. The molecule has 0 spiro atoms. The second-order valence-electron chi connectivity index (χ2n) is 0.399. The van der Waals surface area contributed by atoms with Gasteiger partial charge in [0.1, 0.15) is 7.73 Å². The predicted molar refractivity (Wildman–Crippen MR) is 29.4 cm³/mol. The summed E-state index contributed by atoms with van der Waals surface area (Å²) in [5, 5.41) is 0. The molecule has 0 radical (unpaired) electrons. The van der Waals surface area contributed by atoms with E-state index in [0.717, 1.165) is 0 Å². The Bertz CT molecular complexity index is 36.6. The normalized spacial score (nSPS) is 12.4. The van der Waals surface area contributed by atoms with Gasteiger partial charge in [-0.25, -0.2) is 4.52 Å². The molecule has 0 rings (SSSR count). The fourth-order valence-electron chi connectivity index (χ4n) is 0.0378. The van der Waals surface area contributed by atoms with Crippen LogP contribution in [0.5, 0.6) is 0 Å². The highest BCUT2D eigenvalue weighted by atomic mass is 35.7. The van der Waals surface area contributed by atoms with Crippen LogP contribution < -0.4 is 0 Å². The summed E-state index contributed by atoms with van der Waals surface area (Å²) in [6.07, 6.45) is 0. The molecule has 0 fully saturated rings. The van der Waals surface area contributed by atoms with Crippen molar-refractivity contribution in [1.82, 2.24) is 0 Å². The van der Waals surface area contributed by atoms with Crippen molar-refractivity contribution in [2.45, 2.75) is 0 Å². The van der Waals surface area contributed by atoms with Gasteiger partial charge in [-0.1, -0.05) is 0 Å². The van der Waals surface area contributed by atoms with Gasteiger partial charge < -0.3 is 0 Å². The van der Waals surface area contributed by atoms with Crippen LogP contribution in [0.15, 0.2) is 4.52 Å². The van der Waals surface area contributed by atoms with Crippen molar-refractivity contribution in [2.24, 2.45) is 4.52 Å². The van der Waals surface area contributed by atoms with Crippen LogP contribution in [0.25, 0.3) is 0 Å². The lowest BCUT2D eigenvalue weighted by Crippen LogP contribution is -1.16. The first-order chi connectivity index (χ1) is 2.41. The molecular formula is CH4ClNP2. The molecule has 1 atom stereocenters. The van der Waals surface area contributed by atoms with Crippen molar-refractivity contribution in [3.63, 3.8) is 0 Å². The summed E-state index contributed by atoms with van der Waals surface area (Å²) in [6, 6.07) is 0. The summed E-state index contributed by atoms with van der Waals surface area (Å²) in [7, 11) is 1.28. The van der Waals surface area contributed by atoms with Crippen LogP contribution in [-0.4, -0.2) is 6.66 Å². The van der Waals surface area contributed by atoms with Gasteiger partial charge in [0, 0.05) is 8.73 Å². The van der Waals surface area contributed by atoms with Crippen molar-refractivity contribution in [3.05, 3.63) is 0 Å². The van der Waals surface area contributed by atoms with E-state index >= 15 is 0 Å². The largest absolute Gasteiger partial charge is 0.233 e. The summed E-state index contributed by atoms with van der Waals surface area (Å²) < 4.78 is 3.74. The molecule has 0 aliphatic rings. The lowest BCUT2D eigenvalue weighted by Gasteiger charge is -1.64. The van der Waals surface area contributed by atoms with Crippen LogP contribution in [0.4, 0.5) is 0 Å². The lowest BCUT2D eigenvalue weighted by molar-refractivity contribution is 2.03. The quantitative estimate of drug-likeness (QED) is 0.480. The number of hydrogen-bond acceptors (Lipinski definition) is 1. The maximum Gasteiger partial charge on any atom is 0.117 e. The number of halogens is 1. The fraction of sp³-hybridized carbons (Fsp3) is 1.00. The van der Waals surface area contributed by atoms with E-state index in [1.54, 1.807) is 0 Å². The van der Waals surface area contributed by atoms with Gasteiger partial charge in [0.2, 0.25) is 0 Å². The molecule has 0 saturated carbocycles. The molecule has 0 bridgehead atoms. The van der Waals surface area contributed by atoms with Crippen LogP contribution in [-0.2, 0) is 0 Å². The van der Waals surface area contributed by atoms with Crippen LogP contribution >= 0.6 is 27.7 Å². The van der Waals surface area contributed by atoms with Crippen molar-refractivity contribution < 1.29 is 0 Å². The molecule has 0 aromatic carbocycles.